The van der Waals surface area contributed by atoms with Crippen LogP contribution in [0.15, 0.2) is 0 Å². The summed E-state index contributed by atoms with van der Waals surface area (Å²) in [6.07, 6.45) is 0.696. The number of carbonyl (C=O) groups excluding carboxylic acids is 2. The second-order valence-electron chi connectivity index (χ2n) is 2.73. The van der Waals surface area contributed by atoms with E-state index in [1.807, 2.05) is 0 Å². The van der Waals surface area contributed by atoms with Gasteiger partial charge in [-0.3, -0.25) is 9.59 Å². The fourth-order valence-corrected chi connectivity index (χ4v) is 0.932. The van der Waals surface area contributed by atoms with Crippen LogP contribution in [-0.2, 0) is 14.3 Å². The van der Waals surface area contributed by atoms with Crippen LogP contribution >= 0.6 is 0 Å². The molecular weight excluding hydrogens is 156 g/mol. The lowest BCUT2D eigenvalue weighted by molar-refractivity contribution is -0.145. The molecule has 0 aromatic heterocycles. The first-order chi connectivity index (χ1) is 5.61. The summed E-state index contributed by atoms with van der Waals surface area (Å²) in [6.45, 7) is 5.68. The molecule has 0 N–H and O–H groups in total. The number of ketones is 1. The van der Waals surface area contributed by atoms with Crippen molar-refractivity contribution in [2.24, 2.45) is 5.92 Å². The highest BCUT2D eigenvalue weighted by Gasteiger charge is 2.15. The van der Waals surface area contributed by atoms with E-state index in [0.717, 1.165) is 0 Å². The molecule has 12 heavy (non-hydrogen) atoms. The fraction of sp³-hybridized carbons (Fsp3) is 0.778. The SMILES string of the molecule is CCOC(=O)C[C@@H](C)C(=O)CC. The van der Waals surface area contributed by atoms with Crippen molar-refractivity contribution in [2.45, 2.75) is 33.6 Å². The first-order valence-corrected chi connectivity index (χ1v) is 4.30. The van der Waals surface area contributed by atoms with E-state index < -0.39 is 0 Å². The molecule has 0 unspecified atom stereocenters. The lowest BCUT2D eigenvalue weighted by Crippen LogP contribution is -2.16. The second-order valence-corrected chi connectivity index (χ2v) is 2.73. The normalized spacial score (nSPS) is 12.2. The second kappa shape index (κ2) is 5.75. The minimum atomic E-state index is -0.285. The van der Waals surface area contributed by atoms with E-state index in [0.29, 0.717) is 13.0 Å². The maximum Gasteiger partial charge on any atom is 0.306 e. The number of ether oxygens (including phenoxy) is 1. The van der Waals surface area contributed by atoms with E-state index in [4.69, 9.17) is 4.74 Å². The smallest absolute Gasteiger partial charge is 0.306 e. The molecule has 0 aliphatic rings. The van der Waals surface area contributed by atoms with Gasteiger partial charge in [0.15, 0.2) is 0 Å². The highest BCUT2D eigenvalue weighted by atomic mass is 16.5. The molecule has 0 saturated heterocycles. The molecule has 1 atom stereocenters. The van der Waals surface area contributed by atoms with Gasteiger partial charge in [-0.15, -0.1) is 0 Å². The van der Waals surface area contributed by atoms with E-state index in [-0.39, 0.29) is 24.1 Å². The van der Waals surface area contributed by atoms with Gasteiger partial charge in [0.1, 0.15) is 5.78 Å². The van der Waals surface area contributed by atoms with Gasteiger partial charge in [-0.05, 0) is 6.92 Å². The summed E-state index contributed by atoms with van der Waals surface area (Å²) in [6, 6.07) is 0. The Kier molecular flexibility index (Phi) is 5.34. The van der Waals surface area contributed by atoms with E-state index in [9.17, 15) is 9.59 Å². The zero-order valence-electron chi connectivity index (χ0n) is 7.92. The molecule has 0 bridgehead atoms. The quantitative estimate of drug-likeness (QED) is 0.591. The average molecular weight is 172 g/mol. The maximum atomic E-state index is 11.0. The molecule has 0 spiro atoms. The molecule has 0 radical (unpaired) electrons. The molecule has 0 aromatic rings. The summed E-state index contributed by atoms with van der Waals surface area (Å²) < 4.78 is 4.72. The Morgan fingerprint density at radius 3 is 2.33 bits per heavy atom. The van der Waals surface area contributed by atoms with Crippen molar-refractivity contribution in [3.05, 3.63) is 0 Å². The number of rotatable bonds is 5. The van der Waals surface area contributed by atoms with Gasteiger partial charge in [0.2, 0.25) is 0 Å². The van der Waals surface area contributed by atoms with Gasteiger partial charge in [0.05, 0.1) is 13.0 Å². The van der Waals surface area contributed by atoms with Crippen LogP contribution in [0.5, 0.6) is 0 Å². The minimum Gasteiger partial charge on any atom is -0.466 e. The van der Waals surface area contributed by atoms with Crippen LogP contribution in [0.1, 0.15) is 33.6 Å². The van der Waals surface area contributed by atoms with E-state index in [1.165, 1.54) is 0 Å². The minimum absolute atomic E-state index is 0.114. The third-order valence-electron chi connectivity index (χ3n) is 1.68. The molecule has 0 rings (SSSR count). The zero-order valence-corrected chi connectivity index (χ0v) is 7.92. The van der Waals surface area contributed by atoms with Gasteiger partial charge < -0.3 is 4.74 Å². The number of esters is 1. The summed E-state index contributed by atoms with van der Waals surface area (Å²) in [4.78, 5) is 21.9. The summed E-state index contributed by atoms with van der Waals surface area (Å²) in [5.74, 6) is -0.371. The van der Waals surface area contributed by atoms with Crippen LogP contribution in [0, 0.1) is 5.92 Å². The predicted molar refractivity (Wildman–Crippen MR) is 45.7 cm³/mol. The van der Waals surface area contributed by atoms with Crippen molar-refractivity contribution in [2.75, 3.05) is 6.61 Å². The van der Waals surface area contributed by atoms with Crippen LogP contribution in [-0.4, -0.2) is 18.4 Å². The highest BCUT2D eigenvalue weighted by Crippen LogP contribution is 2.06. The van der Waals surface area contributed by atoms with E-state index in [1.54, 1.807) is 20.8 Å². The zero-order chi connectivity index (χ0) is 9.56. The molecular formula is C9H16O3. The molecule has 0 aliphatic carbocycles. The molecule has 0 fully saturated rings. The molecule has 3 heteroatoms. The Balaban J connectivity index is 3.75. The molecule has 70 valence electrons. The van der Waals surface area contributed by atoms with Crippen molar-refractivity contribution in [1.29, 1.82) is 0 Å². The van der Waals surface area contributed by atoms with Crippen LogP contribution in [0.2, 0.25) is 0 Å². The summed E-state index contributed by atoms with van der Waals surface area (Å²) >= 11 is 0. The van der Waals surface area contributed by atoms with Crippen molar-refractivity contribution in [3.8, 4) is 0 Å². The first-order valence-electron chi connectivity index (χ1n) is 4.30. The summed E-state index contributed by atoms with van der Waals surface area (Å²) in [5.41, 5.74) is 0. The molecule has 0 saturated carbocycles. The fourth-order valence-electron chi connectivity index (χ4n) is 0.932. The predicted octanol–water partition coefficient (Wildman–Crippen LogP) is 1.55. The van der Waals surface area contributed by atoms with Crippen molar-refractivity contribution < 1.29 is 14.3 Å². The molecule has 0 aromatic carbocycles. The Morgan fingerprint density at radius 2 is 1.92 bits per heavy atom. The van der Waals surface area contributed by atoms with Gasteiger partial charge in [0, 0.05) is 12.3 Å². The Hall–Kier alpha value is -0.860. The Morgan fingerprint density at radius 1 is 1.33 bits per heavy atom. The molecule has 0 amide bonds. The maximum absolute atomic E-state index is 11.0. The number of carbonyl (C=O) groups is 2. The van der Waals surface area contributed by atoms with Crippen LogP contribution in [0.3, 0.4) is 0 Å². The van der Waals surface area contributed by atoms with Crippen LogP contribution in [0.4, 0.5) is 0 Å². The van der Waals surface area contributed by atoms with Gasteiger partial charge in [-0.2, -0.15) is 0 Å². The standard InChI is InChI=1S/C9H16O3/c1-4-8(10)7(3)6-9(11)12-5-2/h7H,4-6H2,1-3H3/t7-/m1/s1. The summed E-state index contributed by atoms with van der Waals surface area (Å²) in [7, 11) is 0. The summed E-state index contributed by atoms with van der Waals surface area (Å²) in [5, 5.41) is 0. The van der Waals surface area contributed by atoms with E-state index in [2.05, 4.69) is 0 Å². The Labute approximate surface area is 73.1 Å². The van der Waals surface area contributed by atoms with Gasteiger partial charge >= 0.3 is 5.97 Å². The number of Topliss-reactive ketones (excluding diaryl/α,β-unsaturated/α-hetero) is 1. The molecule has 0 aliphatic heterocycles. The van der Waals surface area contributed by atoms with Crippen molar-refractivity contribution in [1.82, 2.24) is 0 Å². The van der Waals surface area contributed by atoms with Crippen molar-refractivity contribution in [3.63, 3.8) is 0 Å². The Bertz CT molecular complexity index is 163. The topological polar surface area (TPSA) is 43.4 Å². The third kappa shape index (κ3) is 4.11. The van der Waals surface area contributed by atoms with Crippen molar-refractivity contribution >= 4 is 11.8 Å². The monoisotopic (exact) mass is 172 g/mol. The van der Waals surface area contributed by atoms with Gasteiger partial charge in [0.25, 0.3) is 0 Å². The first kappa shape index (κ1) is 11.1. The largest absolute Gasteiger partial charge is 0.466 e. The number of hydrogen-bond donors (Lipinski definition) is 0. The van der Waals surface area contributed by atoms with Crippen LogP contribution in [0.25, 0.3) is 0 Å². The molecule has 0 heterocycles. The van der Waals surface area contributed by atoms with Gasteiger partial charge in [-0.25, -0.2) is 0 Å². The van der Waals surface area contributed by atoms with E-state index >= 15 is 0 Å². The lowest BCUT2D eigenvalue weighted by atomic mass is 10.0. The number of hydrogen-bond acceptors (Lipinski definition) is 3. The third-order valence-corrected chi connectivity index (χ3v) is 1.68. The lowest BCUT2D eigenvalue weighted by Gasteiger charge is -2.07. The average Bonchev–Trinajstić information content (AvgIpc) is 2.03. The highest BCUT2D eigenvalue weighted by molar-refractivity contribution is 5.84. The molecule has 3 nitrogen and oxygen atoms in total. The van der Waals surface area contributed by atoms with Gasteiger partial charge in [-0.1, -0.05) is 13.8 Å². The van der Waals surface area contributed by atoms with Crippen LogP contribution < -0.4 is 0 Å².